The Labute approximate surface area is 98.3 Å². The van der Waals surface area contributed by atoms with Crippen molar-refractivity contribution in [3.8, 4) is 0 Å². The molecule has 0 unspecified atom stereocenters. The van der Waals surface area contributed by atoms with Crippen LogP contribution in [-0.2, 0) is 4.79 Å². The van der Waals surface area contributed by atoms with Crippen molar-refractivity contribution in [3.63, 3.8) is 0 Å². The molecule has 1 saturated carbocycles. The molecule has 1 aromatic heterocycles. The molecule has 1 aliphatic carbocycles. The molecule has 17 heavy (non-hydrogen) atoms. The molecule has 90 valence electrons. The van der Waals surface area contributed by atoms with Crippen LogP contribution in [0.25, 0.3) is 0 Å². The van der Waals surface area contributed by atoms with Gasteiger partial charge in [0, 0.05) is 25.0 Å². The van der Waals surface area contributed by atoms with Crippen LogP contribution in [0.3, 0.4) is 0 Å². The molecule has 0 saturated heterocycles. The topological polar surface area (TPSA) is 83.4 Å². The van der Waals surface area contributed by atoms with E-state index < -0.39 is 5.97 Å². The number of hydrogen-bond acceptors (Lipinski definition) is 4. The Balaban J connectivity index is 2.05. The summed E-state index contributed by atoms with van der Waals surface area (Å²) in [5, 5.41) is 8.65. The van der Waals surface area contributed by atoms with Crippen LogP contribution < -0.4 is 0 Å². The van der Waals surface area contributed by atoms with Gasteiger partial charge >= 0.3 is 5.97 Å². The maximum atomic E-state index is 12.1. The number of nitrogens with zero attached hydrogens (tertiary/aromatic N) is 3. The summed E-state index contributed by atoms with van der Waals surface area (Å²) < 4.78 is 0. The quantitative estimate of drug-likeness (QED) is 0.806. The van der Waals surface area contributed by atoms with Crippen LogP contribution in [0.2, 0.25) is 0 Å². The van der Waals surface area contributed by atoms with E-state index in [9.17, 15) is 9.59 Å². The van der Waals surface area contributed by atoms with Gasteiger partial charge in [-0.3, -0.25) is 14.6 Å². The summed E-state index contributed by atoms with van der Waals surface area (Å²) in [7, 11) is 0. The van der Waals surface area contributed by atoms with Crippen LogP contribution in [0.1, 0.15) is 29.8 Å². The van der Waals surface area contributed by atoms with E-state index in [1.54, 1.807) is 4.90 Å². The van der Waals surface area contributed by atoms with Crippen molar-refractivity contribution >= 4 is 11.9 Å². The molecule has 2 rings (SSSR count). The Morgan fingerprint density at radius 1 is 1.41 bits per heavy atom. The van der Waals surface area contributed by atoms with Crippen molar-refractivity contribution in [2.45, 2.75) is 25.3 Å². The lowest BCUT2D eigenvalue weighted by Gasteiger charge is -2.20. The molecule has 1 heterocycles. The van der Waals surface area contributed by atoms with Gasteiger partial charge in [-0.15, -0.1) is 0 Å². The van der Waals surface area contributed by atoms with E-state index in [0.717, 1.165) is 12.8 Å². The van der Waals surface area contributed by atoms with Crippen molar-refractivity contribution in [3.05, 3.63) is 24.3 Å². The highest BCUT2D eigenvalue weighted by atomic mass is 16.4. The molecule has 0 atom stereocenters. The maximum Gasteiger partial charge on any atom is 0.305 e. The second kappa shape index (κ2) is 4.90. The van der Waals surface area contributed by atoms with Crippen molar-refractivity contribution in [1.29, 1.82) is 0 Å². The lowest BCUT2D eigenvalue weighted by Crippen LogP contribution is -2.35. The van der Waals surface area contributed by atoms with Crippen LogP contribution in [0.5, 0.6) is 0 Å². The van der Waals surface area contributed by atoms with E-state index in [0.29, 0.717) is 0 Å². The predicted octanol–water partition coefficient (Wildman–Crippen LogP) is 0.556. The summed E-state index contributed by atoms with van der Waals surface area (Å²) >= 11 is 0. The Morgan fingerprint density at radius 3 is 2.71 bits per heavy atom. The Bertz CT molecular complexity index is 417. The van der Waals surface area contributed by atoms with Crippen molar-refractivity contribution < 1.29 is 14.7 Å². The average molecular weight is 235 g/mol. The summed E-state index contributed by atoms with van der Waals surface area (Å²) in [5.74, 6) is -1.13. The summed E-state index contributed by atoms with van der Waals surface area (Å²) in [6, 6.07) is 0.170. The summed E-state index contributed by atoms with van der Waals surface area (Å²) in [6.07, 6.45) is 6.18. The second-order valence-corrected chi connectivity index (χ2v) is 3.96. The number of carbonyl (C=O) groups is 2. The average Bonchev–Trinajstić information content (AvgIpc) is 3.14. The number of carboxylic acid groups (broad SMARTS) is 1. The van der Waals surface area contributed by atoms with Gasteiger partial charge in [0.2, 0.25) is 0 Å². The number of rotatable bonds is 5. The van der Waals surface area contributed by atoms with Crippen molar-refractivity contribution in [2.24, 2.45) is 0 Å². The van der Waals surface area contributed by atoms with Gasteiger partial charge in [0.05, 0.1) is 12.6 Å². The summed E-state index contributed by atoms with van der Waals surface area (Å²) in [6.45, 7) is 0.232. The Kier molecular flexibility index (Phi) is 3.32. The minimum Gasteiger partial charge on any atom is -0.481 e. The zero-order valence-electron chi connectivity index (χ0n) is 9.24. The van der Waals surface area contributed by atoms with E-state index in [4.69, 9.17) is 5.11 Å². The maximum absolute atomic E-state index is 12.1. The fraction of sp³-hybridized carbons (Fsp3) is 0.455. The first-order valence-electron chi connectivity index (χ1n) is 5.47. The van der Waals surface area contributed by atoms with Gasteiger partial charge in [0.25, 0.3) is 5.91 Å². The minimum absolute atomic E-state index is 0.0392. The lowest BCUT2D eigenvalue weighted by atomic mass is 10.3. The van der Waals surface area contributed by atoms with Gasteiger partial charge < -0.3 is 10.0 Å². The van der Waals surface area contributed by atoms with E-state index in [1.165, 1.54) is 18.6 Å². The van der Waals surface area contributed by atoms with E-state index in [2.05, 4.69) is 9.97 Å². The first-order chi connectivity index (χ1) is 8.18. The normalized spacial score (nSPS) is 14.4. The third-order valence-corrected chi connectivity index (χ3v) is 2.60. The van der Waals surface area contributed by atoms with Crippen LogP contribution in [-0.4, -0.2) is 44.4 Å². The highest BCUT2D eigenvalue weighted by Crippen LogP contribution is 2.27. The number of carboxylic acids is 1. The van der Waals surface area contributed by atoms with E-state index in [1.807, 2.05) is 0 Å². The summed E-state index contributed by atoms with van der Waals surface area (Å²) in [5.41, 5.74) is 0.268. The molecule has 1 N–H and O–H groups in total. The fourth-order valence-electron chi connectivity index (χ4n) is 1.61. The number of hydrogen-bond donors (Lipinski definition) is 1. The molecule has 1 aromatic rings. The smallest absolute Gasteiger partial charge is 0.305 e. The first kappa shape index (κ1) is 11.5. The van der Waals surface area contributed by atoms with E-state index >= 15 is 0 Å². The van der Waals surface area contributed by atoms with Gasteiger partial charge in [-0.1, -0.05) is 0 Å². The highest BCUT2D eigenvalue weighted by Gasteiger charge is 2.33. The summed E-state index contributed by atoms with van der Waals surface area (Å²) in [4.78, 5) is 32.0. The minimum atomic E-state index is -0.900. The monoisotopic (exact) mass is 235 g/mol. The molecule has 1 aliphatic rings. The number of carbonyl (C=O) groups excluding carboxylic acids is 1. The Hall–Kier alpha value is -1.98. The SMILES string of the molecule is O=C(O)CCN(C(=O)c1cnccn1)C1CC1. The molecule has 1 fully saturated rings. The molecule has 0 radical (unpaired) electrons. The Morgan fingerprint density at radius 2 is 2.18 bits per heavy atom. The predicted molar refractivity (Wildman–Crippen MR) is 58.3 cm³/mol. The van der Waals surface area contributed by atoms with Gasteiger partial charge in [0.15, 0.2) is 0 Å². The first-order valence-corrected chi connectivity index (χ1v) is 5.47. The van der Waals surface area contributed by atoms with Gasteiger partial charge in [0.1, 0.15) is 5.69 Å². The van der Waals surface area contributed by atoms with Gasteiger partial charge in [-0.25, -0.2) is 4.98 Å². The molecule has 0 spiro atoms. The second-order valence-electron chi connectivity index (χ2n) is 3.96. The molecule has 0 aromatic carbocycles. The molecule has 0 bridgehead atoms. The molecule has 1 amide bonds. The zero-order valence-corrected chi connectivity index (χ0v) is 9.24. The number of aliphatic carboxylic acids is 1. The third kappa shape index (κ3) is 2.99. The highest BCUT2D eigenvalue weighted by molar-refractivity contribution is 5.92. The molecular formula is C11H13N3O3. The molecular weight excluding hydrogens is 222 g/mol. The van der Waals surface area contributed by atoms with Crippen LogP contribution in [0.15, 0.2) is 18.6 Å². The van der Waals surface area contributed by atoms with Gasteiger partial charge in [-0.2, -0.15) is 0 Å². The number of aromatic nitrogens is 2. The van der Waals surface area contributed by atoms with Crippen molar-refractivity contribution in [2.75, 3.05) is 6.54 Å². The zero-order chi connectivity index (χ0) is 12.3. The fourth-order valence-corrected chi connectivity index (χ4v) is 1.61. The third-order valence-electron chi connectivity index (χ3n) is 2.60. The lowest BCUT2D eigenvalue weighted by molar-refractivity contribution is -0.137. The van der Waals surface area contributed by atoms with E-state index in [-0.39, 0.29) is 30.6 Å². The van der Waals surface area contributed by atoms with Crippen molar-refractivity contribution in [1.82, 2.24) is 14.9 Å². The molecule has 6 heteroatoms. The number of amides is 1. The largest absolute Gasteiger partial charge is 0.481 e. The molecule has 0 aliphatic heterocycles. The van der Waals surface area contributed by atoms with Crippen LogP contribution >= 0.6 is 0 Å². The van der Waals surface area contributed by atoms with Crippen LogP contribution in [0.4, 0.5) is 0 Å². The van der Waals surface area contributed by atoms with Crippen LogP contribution in [0, 0.1) is 0 Å². The molecule has 6 nitrogen and oxygen atoms in total. The van der Waals surface area contributed by atoms with Gasteiger partial charge in [-0.05, 0) is 12.8 Å². The standard InChI is InChI=1S/C11H13N3O3/c15-10(16)3-6-14(8-1-2-8)11(17)9-7-12-4-5-13-9/h4-5,7-8H,1-3,6H2,(H,15,16).